The highest BCUT2D eigenvalue weighted by atomic mass is 16.3. The molecule has 102 valence electrons. The molecule has 0 saturated carbocycles. The van der Waals surface area contributed by atoms with Crippen LogP contribution in [-0.4, -0.2) is 45.0 Å². The van der Waals surface area contributed by atoms with Crippen molar-refractivity contribution in [1.29, 1.82) is 0 Å². The Morgan fingerprint density at radius 3 is 2.61 bits per heavy atom. The summed E-state index contributed by atoms with van der Waals surface area (Å²) in [6.45, 7) is 8.37. The Morgan fingerprint density at radius 1 is 1.33 bits per heavy atom. The minimum absolute atomic E-state index is 0.522. The molecule has 0 atom stereocenters. The molecule has 0 radical (unpaired) electrons. The lowest BCUT2D eigenvalue weighted by molar-refractivity contribution is -0.0205. The van der Waals surface area contributed by atoms with Crippen LogP contribution in [0.5, 0.6) is 0 Å². The number of hydrogen-bond donors (Lipinski definition) is 1. The molecular weight excluding hydrogens is 226 g/mol. The first-order chi connectivity index (χ1) is 8.65. The molecule has 0 aromatic carbocycles. The first-order valence-electron chi connectivity index (χ1n) is 7.11. The normalized spacial score (nSPS) is 20.2. The number of piperidine rings is 1. The van der Waals surface area contributed by atoms with Crippen LogP contribution >= 0.6 is 0 Å². The van der Waals surface area contributed by atoms with Gasteiger partial charge in [-0.3, -0.25) is 4.68 Å². The summed E-state index contributed by atoms with van der Waals surface area (Å²) < 4.78 is 1.92. The third-order valence-corrected chi connectivity index (χ3v) is 3.87. The summed E-state index contributed by atoms with van der Waals surface area (Å²) in [4.78, 5) is 2.45. The van der Waals surface area contributed by atoms with Gasteiger partial charge in [-0.25, -0.2) is 0 Å². The molecule has 0 unspecified atom stereocenters. The van der Waals surface area contributed by atoms with Crippen LogP contribution in [0.4, 0.5) is 0 Å². The number of likely N-dealkylation sites (tertiary alicyclic amines) is 1. The van der Waals surface area contributed by atoms with E-state index in [1.54, 1.807) is 0 Å². The maximum absolute atomic E-state index is 10.6. The molecule has 1 aliphatic rings. The number of aliphatic hydroxyl groups is 1. The molecule has 1 saturated heterocycles. The van der Waals surface area contributed by atoms with Gasteiger partial charge in [0.2, 0.25) is 0 Å². The molecule has 0 amide bonds. The molecule has 1 N–H and O–H groups in total. The fourth-order valence-electron chi connectivity index (χ4n) is 2.74. The number of aromatic nitrogens is 2. The van der Waals surface area contributed by atoms with Crippen molar-refractivity contribution in [3.8, 4) is 0 Å². The summed E-state index contributed by atoms with van der Waals surface area (Å²) in [7, 11) is 0. The van der Waals surface area contributed by atoms with Gasteiger partial charge in [-0.15, -0.1) is 0 Å². The quantitative estimate of drug-likeness (QED) is 0.865. The van der Waals surface area contributed by atoms with Crippen LogP contribution in [0.3, 0.4) is 0 Å². The Bertz CT molecular complexity index is 367. The van der Waals surface area contributed by atoms with Crippen molar-refractivity contribution in [2.45, 2.75) is 51.7 Å². The van der Waals surface area contributed by atoms with Crippen LogP contribution < -0.4 is 0 Å². The lowest BCUT2D eigenvalue weighted by atomic mass is 9.86. The maximum atomic E-state index is 10.6. The fourth-order valence-corrected chi connectivity index (χ4v) is 2.74. The van der Waals surface area contributed by atoms with E-state index in [9.17, 15) is 5.11 Å². The Balaban J connectivity index is 1.89. The smallest absolute Gasteiger partial charge is 0.0713 e. The molecule has 4 nitrogen and oxygen atoms in total. The van der Waals surface area contributed by atoms with E-state index < -0.39 is 5.60 Å². The van der Waals surface area contributed by atoms with E-state index in [0.717, 1.165) is 51.0 Å². The average molecular weight is 251 g/mol. The first kappa shape index (κ1) is 13.6. The molecule has 2 heterocycles. The molecule has 1 aromatic heterocycles. The summed E-state index contributed by atoms with van der Waals surface area (Å²) in [5, 5.41) is 14.9. The number of aryl methyl sites for hydroxylation is 1. The minimum Gasteiger partial charge on any atom is -0.389 e. The fraction of sp³-hybridized carbons (Fsp3) is 0.786. The highest BCUT2D eigenvalue weighted by Crippen LogP contribution is 2.26. The van der Waals surface area contributed by atoms with E-state index >= 15 is 0 Å². The van der Waals surface area contributed by atoms with Crippen molar-refractivity contribution in [1.82, 2.24) is 14.7 Å². The van der Waals surface area contributed by atoms with Gasteiger partial charge in [-0.05, 0) is 38.3 Å². The predicted octanol–water partition coefficient (Wildman–Crippen LogP) is 1.68. The second-order valence-electron chi connectivity index (χ2n) is 5.45. The zero-order valence-electron chi connectivity index (χ0n) is 11.6. The van der Waals surface area contributed by atoms with Gasteiger partial charge < -0.3 is 10.0 Å². The molecule has 0 bridgehead atoms. The second-order valence-corrected chi connectivity index (χ2v) is 5.45. The van der Waals surface area contributed by atoms with Crippen molar-refractivity contribution in [3.05, 3.63) is 18.0 Å². The monoisotopic (exact) mass is 251 g/mol. The van der Waals surface area contributed by atoms with Crippen LogP contribution in [0, 0.1) is 0 Å². The van der Waals surface area contributed by atoms with Gasteiger partial charge in [0.25, 0.3) is 0 Å². The van der Waals surface area contributed by atoms with Crippen LogP contribution in [-0.2, 0) is 13.0 Å². The third-order valence-electron chi connectivity index (χ3n) is 3.87. The zero-order chi connectivity index (χ0) is 13.0. The highest BCUT2D eigenvalue weighted by molar-refractivity contribution is 5.09. The third kappa shape index (κ3) is 3.33. The predicted molar refractivity (Wildman–Crippen MR) is 72.5 cm³/mol. The molecule has 2 rings (SSSR count). The van der Waals surface area contributed by atoms with Gasteiger partial charge >= 0.3 is 0 Å². The van der Waals surface area contributed by atoms with Crippen molar-refractivity contribution in [2.75, 3.05) is 19.6 Å². The molecule has 4 heteroatoms. The van der Waals surface area contributed by atoms with Crippen LogP contribution in [0.1, 0.15) is 38.7 Å². The minimum atomic E-state index is -0.522. The second kappa shape index (κ2) is 5.85. The van der Waals surface area contributed by atoms with E-state index in [1.165, 1.54) is 6.42 Å². The Hall–Kier alpha value is -0.870. The maximum Gasteiger partial charge on any atom is 0.0713 e. The number of nitrogens with zero attached hydrogens (tertiary/aromatic N) is 3. The zero-order valence-corrected chi connectivity index (χ0v) is 11.6. The van der Waals surface area contributed by atoms with E-state index in [4.69, 9.17) is 0 Å². The molecule has 1 aliphatic heterocycles. The van der Waals surface area contributed by atoms with E-state index in [-0.39, 0.29) is 0 Å². The lowest BCUT2D eigenvalue weighted by Gasteiger charge is -2.38. The SMILES string of the molecule is CCCN1CCC(O)(Cc2cnn(CC)c2)CC1. The summed E-state index contributed by atoms with van der Waals surface area (Å²) in [5.41, 5.74) is 0.634. The lowest BCUT2D eigenvalue weighted by Crippen LogP contribution is -2.45. The molecule has 0 aliphatic carbocycles. The number of hydrogen-bond acceptors (Lipinski definition) is 3. The summed E-state index contributed by atoms with van der Waals surface area (Å²) >= 11 is 0. The van der Waals surface area contributed by atoms with Crippen molar-refractivity contribution in [2.24, 2.45) is 0 Å². The molecule has 1 aromatic rings. The summed E-state index contributed by atoms with van der Waals surface area (Å²) in [6, 6.07) is 0. The topological polar surface area (TPSA) is 41.3 Å². The van der Waals surface area contributed by atoms with Gasteiger partial charge in [0.15, 0.2) is 0 Å². The van der Waals surface area contributed by atoms with E-state index in [1.807, 2.05) is 10.9 Å². The Morgan fingerprint density at radius 2 is 2.06 bits per heavy atom. The Labute approximate surface area is 110 Å². The van der Waals surface area contributed by atoms with Gasteiger partial charge in [0.1, 0.15) is 0 Å². The first-order valence-corrected chi connectivity index (χ1v) is 7.11. The van der Waals surface area contributed by atoms with E-state index in [2.05, 4.69) is 30.0 Å². The van der Waals surface area contributed by atoms with Crippen LogP contribution in [0.25, 0.3) is 0 Å². The average Bonchev–Trinajstić information content (AvgIpc) is 2.80. The van der Waals surface area contributed by atoms with Crippen molar-refractivity contribution < 1.29 is 5.11 Å². The summed E-state index contributed by atoms with van der Waals surface area (Å²) in [6.07, 6.45) is 7.64. The van der Waals surface area contributed by atoms with Gasteiger partial charge in [0.05, 0.1) is 11.8 Å². The number of rotatable bonds is 5. The van der Waals surface area contributed by atoms with Gasteiger partial charge in [-0.2, -0.15) is 5.10 Å². The van der Waals surface area contributed by atoms with Gasteiger partial charge in [0, 0.05) is 32.3 Å². The van der Waals surface area contributed by atoms with Gasteiger partial charge in [-0.1, -0.05) is 6.92 Å². The van der Waals surface area contributed by atoms with Crippen molar-refractivity contribution >= 4 is 0 Å². The van der Waals surface area contributed by atoms with Crippen LogP contribution in [0.2, 0.25) is 0 Å². The standard InChI is InChI=1S/C14H25N3O/c1-3-7-16-8-5-14(18,6-9-16)10-13-11-15-17(4-2)12-13/h11-12,18H,3-10H2,1-2H3. The molecule has 1 fully saturated rings. The molecular formula is C14H25N3O. The highest BCUT2D eigenvalue weighted by Gasteiger charge is 2.32. The van der Waals surface area contributed by atoms with E-state index in [0.29, 0.717) is 0 Å². The molecule has 18 heavy (non-hydrogen) atoms. The summed E-state index contributed by atoms with van der Waals surface area (Å²) in [5.74, 6) is 0. The Kier molecular flexibility index (Phi) is 4.40. The largest absolute Gasteiger partial charge is 0.389 e. The van der Waals surface area contributed by atoms with Crippen molar-refractivity contribution in [3.63, 3.8) is 0 Å². The van der Waals surface area contributed by atoms with Crippen LogP contribution in [0.15, 0.2) is 12.4 Å². The molecule has 0 spiro atoms.